The third kappa shape index (κ3) is 4.41. The number of amides is 1. The molecule has 1 atom stereocenters. The number of carbonyl (C=O) groups is 1. The quantitative estimate of drug-likeness (QED) is 0.788. The zero-order valence-electron chi connectivity index (χ0n) is 11.7. The maximum absolute atomic E-state index is 10.9. The highest BCUT2D eigenvalue weighted by Gasteiger charge is 2.11. The molecule has 0 fully saturated rings. The van der Waals surface area contributed by atoms with Crippen molar-refractivity contribution in [3.63, 3.8) is 0 Å². The van der Waals surface area contributed by atoms with Crippen molar-refractivity contribution in [1.29, 1.82) is 0 Å². The molecular formula is C16H17ClN2OS. The van der Waals surface area contributed by atoms with E-state index in [1.54, 1.807) is 0 Å². The Bertz CT molecular complexity index is 633. The van der Waals surface area contributed by atoms with E-state index in [2.05, 4.69) is 12.2 Å². The van der Waals surface area contributed by atoms with Crippen LogP contribution in [0.3, 0.4) is 0 Å². The molecule has 0 spiro atoms. The summed E-state index contributed by atoms with van der Waals surface area (Å²) in [6.45, 7) is 2.05. The summed E-state index contributed by atoms with van der Waals surface area (Å²) in [6.07, 6.45) is 0. The van der Waals surface area contributed by atoms with Gasteiger partial charge in [0.15, 0.2) is 0 Å². The molecule has 0 bridgehead atoms. The van der Waals surface area contributed by atoms with Crippen molar-refractivity contribution in [2.75, 3.05) is 11.1 Å². The second kappa shape index (κ2) is 7.38. The van der Waals surface area contributed by atoms with Crippen LogP contribution in [0.4, 0.5) is 5.69 Å². The summed E-state index contributed by atoms with van der Waals surface area (Å²) in [7, 11) is 0. The van der Waals surface area contributed by atoms with Crippen LogP contribution in [-0.2, 0) is 4.79 Å². The second-order valence-corrected chi connectivity index (χ2v) is 6.06. The van der Waals surface area contributed by atoms with Gasteiger partial charge in [-0.05, 0) is 30.7 Å². The Hall–Kier alpha value is -1.65. The Balaban J connectivity index is 2.15. The monoisotopic (exact) mass is 320 g/mol. The van der Waals surface area contributed by atoms with Crippen LogP contribution < -0.4 is 11.1 Å². The number of benzene rings is 2. The Morgan fingerprint density at radius 1 is 1.24 bits per heavy atom. The smallest absolute Gasteiger partial charge is 0.227 e. The molecular weight excluding hydrogens is 304 g/mol. The molecule has 0 saturated heterocycles. The van der Waals surface area contributed by atoms with Gasteiger partial charge in [-0.15, -0.1) is 11.8 Å². The minimum Gasteiger partial charge on any atom is -0.378 e. The van der Waals surface area contributed by atoms with Crippen molar-refractivity contribution < 1.29 is 4.79 Å². The fourth-order valence-corrected chi connectivity index (χ4v) is 3.05. The maximum Gasteiger partial charge on any atom is 0.227 e. The maximum atomic E-state index is 10.9. The molecule has 3 nitrogen and oxygen atoms in total. The number of carbonyl (C=O) groups excluding carboxylic acids is 1. The molecule has 110 valence electrons. The van der Waals surface area contributed by atoms with Gasteiger partial charge in [0, 0.05) is 15.6 Å². The summed E-state index contributed by atoms with van der Waals surface area (Å²) in [5, 5.41) is 4.17. The molecule has 2 rings (SSSR count). The van der Waals surface area contributed by atoms with Crippen molar-refractivity contribution in [2.45, 2.75) is 17.9 Å². The van der Waals surface area contributed by atoms with Crippen LogP contribution in [0.1, 0.15) is 18.5 Å². The molecule has 2 aromatic carbocycles. The molecule has 0 saturated carbocycles. The Morgan fingerprint density at radius 2 is 1.90 bits per heavy atom. The standard InChI is InChI=1S/C16H17ClN2OS/c1-11(12-6-2-3-7-13(12)17)19-14-8-4-5-9-15(14)21-10-16(18)20/h2-9,11,19H,10H2,1H3,(H2,18,20). The minimum absolute atomic E-state index is 0.0639. The second-order valence-electron chi connectivity index (χ2n) is 4.64. The lowest BCUT2D eigenvalue weighted by atomic mass is 10.1. The highest BCUT2D eigenvalue weighted by molar-refractivity contribution is 8.00. The third-order valence-corrected chi connectivity index (χ3v) is 4.44. The first-order valence-electron chi connectivity index (χ1n) is 6.59. The van der Waals surface area contributed by atoms with Gasteiger partial charge in [-0.1, -0.05) is 41.9 Å². The molecule has 21 heavy (non-hydrogen) atoms. The molecule has 0 aliphatic rings. The number of rotatable bonds is 6. The number of nitrogens with one attached hydrogen (secondary N) is 1. The van der Waals surface area contributed by atoms with Gasteiger partial charge in [-0.3, -0.25) is 4.79 Å². The van der Waals surface area contributed by atoms with Crippen LogP contribution in [0.25, 0.3) is 0 Å². The number of thioether (sulfide) groups is 1. The highest BCUT2D eigenvalue weighted by atomic mass is 35.5. The predicted octanol–water partition coefficient (Wildman–Crippen LogP) is 4.09. The van der Waals surface area contributed by atoms with Crippen LogP contribution in [0, 0.1) is 0 Å². The normalized spacial score (nSPS) is 11.9. The van der Waals surface area contributed by atoms with Crippen molar-refractivity contribution in [1.82, 2.24) is 0 Å². The van der Waals surface area contributed by atoms with Gasteiger partial charge in [0.1, 0.15) is 0 Å². The van der Waals surface area contributed by atoms with Gasteiger partial charge in [0.25, 0.3) is 0 Å². The number of primary amides is 1. The average Bonchev–Trinajstić information content (AvgIpc) is 2.46. The van der Waals surface area contributed by atoms with Gasteiger partial charge in [0.2, 0.25) is 5.91 Å². The summed E-state index contributed by atoms with van der Waals surface area (Å²) in [5.74, 6) is -0.0620. The number of nitrogens with two attached hydrogens (primary N) is 1. The summed E-state index contributed by atoms with van der Waals surface area (Å²) < 4.78 is 0. The van der Waals surface area contributed by atoms with E-state index in [9.17, 15) is 4.79 Å². The molecule has 0 heterocycles. The van der Waals surface area contributed by atoms with E-state index in [0.29, 0.717) is 0 Å². The lowest BCUT2D eigenvalue weighted by molar-refractivity contribution is -0.115. The fraction of sp³-hybridized carbons (Fsp3) is 0.188. The van der Waals surface area contributed by atoms with Crippen molar-refractivity contribution in [3.05, 3.63) is 59.1 Å². The molecule has 1 unspecified atom stereocenters. The van der Waals surface area contributed by atoms with E-state index in [1.807, 2.05) is 48.5 Å². The van der Waals surface area contributed by atoms with Crippen LogP contribution in [0.15, 0.2) is 53.4 Å². The Kier molecular flexibility index (Phi) is 5.53. The Morgan fingerprint density at radius 3 is 2.62 bits per heavy atom. The highest BCUT2D eigenvalue weighted by Crippen LogP contribution is 2.31. The van der Waals surface area contributed by atoms with Crippen molar-refractivity contribution in [3.8, 4) is 0 Å². The van der Waals surface area contributed by atoms with Crippen LogP contribution in [0.2, 0.25) is 5.02 Å². The SMILES string of the molecule is CC(Nc1ccccc1SCC(N)=O)c1ccccc1Cl. The molecule has 3 N–H and O–H groups in total. The van der Waals surface area contributed by atoms with E-state index in [-0.39, 0.29) is 17.7 Å². The first kappa shape index (κ1) is 15.7. The largest absolute Gasteiger partial charge is 0.378 e. The van der Waals surface area contributed by atoms with E-state index in [0.717, 1.165) is 21.2 Å². The van der Waals surface area contributed by atoms with Crippen molar-refractivity contribution >= 4 is 35.0 Å². The van der Waals surface area contributed by atoms with Gasteiger partial charge in [-0.2, -0.15) is 0 Å². The average molecular weight is 321 g/mol. The predicted molar refractivity (Wildman–Crippen MR) is 89.9 cm³/mol. The zero-order valence-corrected chi connectivity index (χ0v) is 13.2. The molecule has 0 aliphatic heterocycles. The molecule has 2 aromatic rings. The molecule has 0 aromatic heterocycles. The topological polar surface area (TPSA) is 55.1 Å². The van der Waals surface area contributed by atoms with Gasteiger partial charge < -0.3 is 11.1 Å². The number of halogens is 1. The van der Waals surface area contributed by atoms with Crippen LogP contribution in [0.5, 0.6) is 0 Å². The summed E-state index contributed by atoms with van der Waals surface area (Å²) in [5.41, 5.74) is 7.21. The molecule has 5 heteroatoms. The number of anilines is 1. The van der Waals surface area contributed by atoms with Crippen LogP contribution >= 0.6 is 23.4 Å². The summed E-state index contributed by atoms with van der Waals surface area (Å²) >= 11 is 7.65. The van der Waals surface area contributed by atoms with E-state index in [1.165, 1.54) is 11.8 Å². The lowest BCUT2D eigenvalue weighted by Crippen LogP contribution is -2.13. The van der Waals surface area contributed by atoms with E-state index >= 15 is 0 Å². The number of hydrogen-bond donors (Lipinski definition) is 2. The number of para-hydroxylation sites is 1. The zero-order chi connectivity index (χ0) is 15.2. The Labute approximate surface area is 133 Å². The summed E-state index contributed by atoms with van der Waals surface area (Å²) in [4.78, 5) is 11.9. The number of hydrogen-bond acceptors (Lipinski definition) is 3. The van der Waals surface area contributed by atoms with Gasteiger partial charge in [0.05, 0.1) is 11.8 Å². The van der Waals surface area contributed by atoms with Crippen LogP contribution in [-0.4, -0.2) is 11.7 Å². The molecule has 0 aliphatic carbocycles. The lowest BCUT2D eigenvalue weighted by Gasteiger charge is -2.19. The fourth-order valence-electron chi connectivity index (χ4n) is 2.00. The van der Waals surface area contributed by atoms with Gasteiger partial charge >= 0.3 is 0 Å². The first-order valence-corrected chi connectivity index (χ1v) is 7.95. The molecule has 1 amide bonds. The van der Waals surface area contributed by atoms with Gasteiger partial charge in [-0.25, -0.2) is 0 Å². The molecule has 0 radical (unpaired) electrons. The van der Waals surface area contributed by atoms with Crippen molar-refractivity contribution in [2.24, 2.45) is 5.73 Å². The first-order chi connectivity index (χ1) is 10.1. The summed E-state index contributed by atoms with van der Waals surface area (Å²) in [6, 6.07) is 15.7. The minimum atomic E-state index is -0.325. The van der Waals surface area contributed by atoms with E-state index < -0.39 is 0 Å². The third-order valence-electron chi connectivity index (χ3n) is 3.00. The van der Waals surface area contributed by atoms with E-state index in [4.69, 9.17) is 17.3 Å².